The number of unbranched alkanes of at least 4 members (excludes halogenated alkanes) is 1. The summed E-state index contributed by atoms with van der Waals surface area (Å²) in [6.07, 6.45) is 5.73. The lowest BCUT2D eigenvalue weighted by atomic mass is 10.3. The molecular formula is C11H14O4. The van der Waals surface area contributed by atoms with Gasteiger partial charge in [-0.05, 0) is 31.1 Å². The second kappa shape index (κ2) is 6.84. The van der Waals surface area contributed by atoms with Gasteiger partial charge in [0.15, 0.2) is 0 Å². The van der Waals surface area contributed by atoms with Crippen LogP contribution in [-0.4, -0.2) is 24.3 Å². The maximum absolute atomic E-state index is 11.1. The first-order valence-electron chi connectivity index (χ1n) is 4.82. The van der Waals surface area contributed by atoms with Crippen LogP contribution in [0.5, 0.6) is 0 Å². The number of carbonyl (C=O) groups excluding carboxylic acids is 1. The summed E-state index contributed by atoms with van der Waals surface area (Å²) < 4.78 is 9.86. The number of esters is 1. The third-order valence-electron chi connectivity index (χ3n) is 1.72. The molecular weight excluding hydrogens is 196 g/mol. The number of rotatable bonds is 6. The van der Waals surface area contributed by atoms with Crippen molar-refractivity contribution in [3.63, 3.8) is 0 Å². The van der Waals surface area contributed by atoms with Crippen LogP contribution in [0.1, 0.15) is 18.6 Å². The minimum absolute atomic E-state index is 0.125. The van der Waals surface area contributed by atoms with E-state index in [1.54, 1.807) is 18.2 Å². The van der Waals surface area contributed by atoms with Crippen molar-refractivity contribution in [3.05, 3.63) is 30.2 Å². The van der Waals surface area contributed by atoms with Crippen molar-refractivity contribution >= 4 is 12.0 Å². The number of hydrogen-bond donors (Lipinski definition) is 1. The second-order valence-electron chi connectivity index (χ2n) is 2.95. The van der Waals surface area contributed by atoms with Gasteiger partial charge in [0, 0.05) is 12.7 Å². The smallest absolute Gasteiger partial charge is 0.330 e. The molecule has 0 spiro atoms. The van der Waals surface area contributed by atoms with Crippen molar-refractivity contribution in [2.24, 2.45) is 0 Å². The Bertz CT molecular complexity index is 300. The Balaban J connectivity index is 2.18. The van der Waals surface area contributed by atoms with Crippen LogP contribution >= 0.6 is 0 Å². The van der Waals surface area contributed by atoms with Gasteiger partial charge in [0.2, 0.25) is 0 Å². The lowest BCUT2D eigenvalue weighted by Crippen LogP contribution is -2.02. The van der Waals surface area contributed by atoms with Gasteiger partial charge in [0.05, 0.1) is 12.9 Å². The lowest BCUT2D eigenvalue weighted by Gasteiger charge is -1.99. The molecule has 0 bridgehead atoms. The van der Waals surface area contributed by atoms with E-state index in [1.165, 1.54) is 12.3 Å². The molecule has 0 radical (unpaired) electrons. The highest BCUT2D eigenvalue weighted by molar-refractivity contribution is 5.86. The molecule has 0 fully saturated rings. The number of ether oxygens (including phenoxy) is 1. The van der Waals surface area contributed by atoms with E-state index in [1.807, 2.05) is 0 Å². The largest absolute Gasteiger partial charge is 0.465 e. The summed E-state index contributed by atoms with van der Waals surface area (Å²) in [5.41, 5.74) is 0. The summed E-state index contributed by atoms with van der Waals surface area (Å²) in [6.45, 7) is 0.460. The molecule has 1 aromatic heterocycles. The molecule has 1 heterocycles. The summed E-state index contributed by atoms with van der Waals surface area (Å²) in [5, 5.41) is 8.49. The predicted molar refractivity (Wildman–Crippen MR) is 55.0 cm³/mol. The Morgan fingerprint density at radius 3 is 3.07 bits per heavy atom. The van der Waals surface area contributed by atoms with Gasteiger partial charge in [-0.3, -0.25) is 0 Å². The molecule has 0 aliphatic heterocycles. The van der Waals surface area contributed by atoms with E-state index < -0.39 is 5.97 Å². The fourth-order valence-electron chi connectivity index (χ4n) is 0.971. The van der Waals surface area contributed by atoms with Crippen LogP contribution < -0.4 is 0 Å². The van der Waals surface area contributed by atoms with Crippen molar-refractivity contribution in [2.45, 2.75) is 12.8 Å². The molecule has 0 atom stereocenters. The van der Waals surface area contributed by atoms with Gasteiger partial charge in [0.1, 0.15) is 5.76 Å². The van der Waals surface area contributed by atoms with Gasteiger partial charge in [-0.15, -0.1) is 0 Å². The number of aliphatic hydroxyl groups excluding tert-OH is 1. The summed E-state index contributed by atoms with van der Waals surface area (Å²) in [5.74, 6) is 0.214. The fraction of sp³-hybridized carbons (Fsp3) is 0.364. The molecule has 4 nitrogen and oxygen atoms in total. The monoisotopic (exact) mass is 210 g/mol. The van der Waals surface area contributed by atoms with E-state index in [-0.39, 0.29) is 6.61 Å². The first kappa shape index (κ1) is 11.5. The molecule has 0 amide bonds. The van der Waals surface area contributed by atoms with E-state index >= 15 is 0 Å². The first-order valence-corrected chi connectivity index (χ1v) is 4.82. The summed E-state index contributed by atoms with van der Waals surface area (Å²) >= 11 is 0. The van der Waals surface area contributed by atoms with Crippen LogP contribution in [0.15, 0.2) is 28.9 Å². The molecule has 82 valence electrons. The summed E-state index contributed by atoms with van der Waals surface area (Å²) in [7, 11) is 0. The highest BCUT2D eigenvalue weighted by atomic mass is 16.5. The Morgan fingerprint density at radius 2 is 2.40 bits per heavy atom. The Labute approximate surface area is 88.2 Å². The third-order valence-corrected chi connectivity index (χ3v) is 1.72. The molecule has 0 aromatic carbocycles. The minimum Gasteiger partial charge on any atom is -0.465 e. The fourth-order valence-corrected chi connectivity index (χ4v) is 0.971. The molecule has 0 saturated heterocycles. The molecule has 0 unspecified atom stereocenters. The molecule has 1 rings (SSSR count). The number of aliphatic hydroxyl groups is 1. The Kier molecular flexibility index (Phi) is 5.25. The van der Waals surface area contributed by atoms with Gasteiger partial charge >= 0.3 is 5.97 Å². The van der Waals surface area contributed by atoms with Crippen LogP contribution in [0.25, 0.3) is 6.08 Å². The van der Waals surface area contributed by atoms with Gasteiger partial charge < -0.3 is 14.3 Å². The minimum atomic E-state index is -0.399. The summed E-state index contributed by atoms with van der Waals surface area (Å²) in [6, 6.07) is 3.49. The Morgan fingerprint density at radius 1 is 1.53 bits per heavy atom. The summed E-state index contributed by atoms with van der Waals surface area (Å²) in [4.78, 5) is 11.1. The number of furan rings is 1. The van der Waals surface area contributed by atoms with E-state index in [0.29, 0.717) is 25.2 Å². The quantitative estimate of drug-likeness (QED) is 0.440. The van der Waals surface area contributed by atoms with Crippen molar-refractivity contribution in [1.82, 2.24) is 0 Å². The van der Waals surface area contributed by atoms with Crippen LogP contribution in [0, 0.1) is 0 Å². The Hall–Kier alpha value is -1.55. The van der Waals surface area contributed by atoms with Crippen LogP contribution in [0.4, 0.5) is 0 Å². The molecule has 1 aromatic rings. The SMILES string of the molecule is O=C(C=Cc1ccco1)OCCCCO. The standard InChI is InChI=1S/C11H14O4/c12-7-1-2-8-15-11(13)6-5-10-4-3-9-14-10/h3-6,9,12H,1-2,7-8H2. The molecule has 0 aliphatic rings. The zero-order chi connectivity index (χ0) is 10.9. The van der Waals surface area contributed by atoms with Crippen molar-refractivity contribution in [3.8, 4) is 0 Å². The zero-order valence-electron chi connectivity index (χ0n) is 8.39. The van der Waals surface area contributed by atoms with Crippen molar-refractivity contribution in [2.75, 3.05) is 13.2 Å². The highest BCUT2D eigenvalue weighted by Crippen LogP contribution is 2.02. The normalized spacial score (nSPS) is 10.7. The van der Waals surface area contributed by atoms with E-state index in [9.17, 15) is 4.79 Å². The predicted octanol–water partition coefficient (Wildman–Crippen LogP) is 1.61. The van der Waals surface area contributed by atoms with E-state index in [2.05, 4.69) is 0 Å². The average Bonchev–Trinajstić information content (AvgIpc) is 2.74. The maximum atomic E-state index is 11.1. The average molecular weight is 210 g/mol. The van der Waals surface area contributed by atoms with Gasteiger partial charge in [0.25, 0.3) is 0 Å². The first-order chi connectivity index (χ1) is 7.33. The van der Waals surface area contributed by atoms with E-state index in [4.69, 9.17) is 14.3 Å². The molecule has 1 N–H and O–H groups in total. The van der Waals surface area contributed by atoms with E-state index in [0.717, 1.165) is 0 Å². The van der Waals surface area contributed by atoms with Crippen molar-refractivity contribution < 1.29 is 19.1 Å². The lowest BCUT2D eigenvalue weighted by molar-refractivity contribution is -0.137. The maximum Gasteiger partial charge on any atom is 0.330 e. The molecule has 15 heavy (non-hydrogen) atoms. The van der Waals surface area contributed by atoms with Crippen LogP contribution in [0.2, 0.25) is 0 Å². The van der Waals surface area contributed by atoms with Crippen molar-refractivity contribution in [1.29, 1.82) is 0 Å². The number of hydrogen-bond acceptors (Lipinski definition) is 4. The molecule has 4 heteroatoms. The highest BCUT2D eigenvalue weighted by Gasteiger charge is 1.97. The third kappa shape index (κ3) is 5.02. The topological polar surface area (TPSA) is 59.7 Å². The number of carbonyl (C=O) groups is 1. The second-order valence-corrected chi connectivity index (χ2v) is 2.95. The molecule has 0 aliphatic carbocycles. The van der Waals surface area contributed by atoms with Crippen LogP contribution in [0.3, 0.4) is 0 Å². The zero-order valence-corrected chi connectivity index (χ0v) is 8.39. The van der Waals surface area contributed by atoms with Gasteiger partial charge in [-0.2, -0.15) is 0 Å². The van der Waals surface area contributed by atoms with Gasteiger partial charge in [-0.1, -0.05) is 0 Å². The molecule has 0 saturated carbocycles. The van der Waals surface area contributed by atoms with Gasteiger partial charge in [-0.25, -0.2) is 4.79 Å². The van der Waals surface area contributed by atoms with Crippen LogP contribution in [-0.2, 0) is 9.53 Å².